The number of nitrogens with one attached hydrogen (secondary N) is 1. The van der Waals surface area contributed by atoms with E-state index in [0.29, 0.717) is 28.9 Å². The van der Waals surface area contributed by atoms with E-state index in [2.05, 4.69) is 15.3 Å². The lowest BCUT2D eigenvalue weighted by atomic mass is 10.3. The van der Waals surface area contributed by atoms with Gasteiger partial charge in [0, 0.05) is 11.5 Å². The first kappa shape index (κ1) is 11.0. The zero-order valence-electron chi connectivity index (χ0n) is 9.00. The molecule has 0 aliphatic heterocycles. The van der Waals surface area contributed by atoms with Crippen molar-refractivity contribution in [2.75, 3.05) is 17.6 Å². The third-order valence-electron chi connectivity index (χ3n) is 2.57. The first-order valence-electron chi connectivity index (χ1n) is 5.24. The van der Waals surface area contributed by atoms with Gasteiger partial charge in [0.25, 0.3) is 6.43 Å². The van der Waals surface area contributed by atoms with Gasteiger partial charge in [-0.05, 0) is 19.8 Å². The Balaban J connectivity index is 2.20. The van der Waals surface area contributed by atoms with E-state index in [4.69, 9.17) is 5.73 Å². The molecule has 0 radical (unpaired) electrons. The molecule has 0 bridgehead atoms. The highest BCUT2D eigenvalue weighted by molar-refractivity contribution is 5.55. The van der Waals surface area contributed by atoms with Gasteiger partial charge in [-0.25, -0.2) is 18.7 Å². The maximum absolute atomic E-state index is 12.1. The highest BCUT2D eigenvalue weighted by Crippen LogP contribution is 2.39. The molecule has 1 saturated carbocycles. The number of anilines is 2. The lowest BCUT2D eigenvalue weighted by Gasteiger charge is -2.11. The van der Waals surface area contributed by atoms with Crippen LogP contribution in [0.4, 0.5) is 20.4 Å². The third kappa shape index (κ3) is 2.37. The number of nitrogens with two attached hydrogens (primary N) is 1. The Morgan fingerprint density at radius 3 is 2.69 bits per heavy atom. The Morgan fingerprint density at radius 2 is 2.12 bits per heavy atom. The molecule has 6 heteroatoms. The molecule has 16 heavy (non-hydrogen) atoms. The molecule has 1 aromatic rings. The average molecular weight is 228 g/mol. The van der Waals surface area contributed by atoms with Gasteiger partial charge in [-0.15, -0.1) is 0 Å². The number of nitrogens with zero attached hydrogens (tertiary/aromatic N) is 2. The maximum atomic E-state index is 12.1. The topological polar surface area (TPSA) is 63.8 Å². The van der Waals surface area contributed by atoms with Crippen molar-refractivity contribution in [1.29, 1.82) is 0 Å². The zero-order valence-corrected chi connectivity index (χ0v) is 9.00. The van der Waals surface area contributed by atoms with Gasteiger partial charge in [-0.2, -0.15) is 0 Å². The predicted molar refractivity (Wildman–Crippen MR) is 57.7 cm³/mol. The Kier molecular flexibility index (Phi) is 2.89. The normalized spacial score (nSPS) is 15.5. The second kappa shape index (κ2) is 4.19. The number of halogens is 2. The lowest BCUT2D eigenvalue weighted by Crippen LogP contribution is -2.14. The average Bonchev–Trinajstić information content (AvgIpc) is 3.03. The molecule has 0 aromatic carbocycles. The van der Waals surface area contributed by atoms with Crippen molar-refractivity contribution in [3.05, 3.63) is 11.4 Å². The fourth-order valence-corrected chi connectivity index (χ4v) is 1.42. The van der Waals surface area contributed by atoms with Crippen LogP contribution in [0.25, 0.3) is 0 Å². The van der Waals surface area contributed by atoms with Crippen LogP contribution < -0.4 is 11.1 Å². The van der Waals surface area contributed by atoms with Crippen molar-refractivity contribution in [3.63, 3.8) is 0 Å². The summed E-state index contributed by atoms with van der Waals surface area (Å²) in [6.45, 7) is 1.31. The number of hydrogen-bond donors (Lipinski definition) is 2. The Hall–Kier alpha value is -1.46. The highest BCUT2D eigenvalue weighted by atomic mass is 19.3. The number of rotatable bonds is 4. The number of aromatic nitrogens is 2. The zero-order chi connectivity index (χ0) is 11.7. The van der Waals surface area contributed by atoms with Gasteiger partial charge >= 0.3 is 0 Å². The van der Waals surface area contributed by atoms with E-state index in [1.807, 2.05) is 0 Å². The van der Waals surface area contributed by atoms with E-state index in [1.165, 1.54) is 0 Å². The fourth-order valence-electron chi connectivity index (χ4n) is 1.42. The molecule has 1 fully saturated rings. The van der Waals surface area contributed by atoms with Gasteiger partial charge in [0.1, 0.15) is 17.5 Å². The summed E-state index contributed by atoms with van der Waals surface area (Å²) in [5.41, 5.74) is 6.34. The molecule has 1 heterocycles. The van der Waals surface area contributed by atoms with Crippen LogP contribution in [0.3, 0.4) is 0 Å². The number of nitrogen functional groups attached to an aromatic ring is 1. The first-order valence-corrected chi connectivity index (χ1v) is 5.24. The van der Waals surface area contributed by atoms with Crippen molar-refractivity contribution in [2.45, 2.75) is 32.1 Å². The molecular weight excluding hydrogens is 214 g/mol. The second-order valence-corrected chi connectivity index (χ2v) is 3.99. The van der Waals surface area contributed by atoms with Crippen molar-refractivity contribution in [3.8, 4) is 0 Å². The molecule has 2 rings (SSSR count). The van der Waals surface area contributed by atoms with Crippen molar-refractivity contribution < 1.29 is 8.78 Å². The summed E-state index contributed by atoms with van der Waals surface area (Å²) in [7, 11) is 0. The van der Waals surface area contributed by atoms with E-state index in [0.717, 1.165) is 12.8 Å². The van der Waals surface area contributed by atoms with Crippen LogP contribution in [0.1, 0.15) is 30.1 Å². The molecular formula is C10H14F2N4. The number of hydrogen-bond acceptors (Lipinski definition) is 4. The molecule has 0 saturated heterocycles. The fraction of sp³-hybridized carbons (Fsp3) is 0.600. The predicted octanol–water partition coefficient (Wildman–Crippen LogP) is 1.92. The van der Waals surface area contributed by atoms with E-state index in [9.17, 15) is 8.78 Å². The van der Waals surface area contributed by atoms with Crippen LogP contribution in [-0.2, 0) is 0 Å². The second-order valence-electron chi connectivity index (χ2n) is 3.99. The van der Waals surface area contributed by atoms with Crippen molar-refractivity contribution in [2.24, 2.45) is 0 Å². The van der Waals surface area contributed by atoms with Crippen LogP contribution in [-0.4, -0.2) is 22.9 Å². The monoisotopic (exact) mass is 228 g/mol. The molecule has 1 aliphatic rings. The van der Waals surface area contributed by atoms with Gasteiger partial charge < -0.3 is 11.1 Å². The van der Waals surface area contributed by atoms with Gasteiger partial charge in [-0.3, -0.25) is 0 Å². The van der Waals surface area contributed by atoms with Crippen LogP contribution in [0, 0.1) is 6.92 Å². The molecule has 4 nitrogen and oxygen atoms in total. The molecule has 1 aliphatic carbocycles. The molecule has 0 atom stereocenters. The van der Waals surface area contributed by atoms with Gasteiger partial charge in [-0.1, -0.05) is 0 Å². The largest absolute Gasteiger partial charge is 0.383 e. The summed E-state index contributed by atoms with van der Waals surface area (Å²) in [4.78, 5) is 8.39. The van der Waals surface area contributed by atoms with E-state index < -0.39 is 13.0 Å². The quantitative estimate of drug-likeness (QED) is 0.826. The Morgan fingerprint density at radius 1 is 1.44 bits per heavy atom. The smallest absolute Gasteiger partial charge is 0.255 e. The summed E-state index contributed by atoms with van der Waals surface area (Å²) in [5, 5.41) is 2.60. The molecule has 1 aromatic heterocycles. The third-order valence-corrected chi connectivity index (χ3v) is 2.57. The van der Waals surface area contributed by atoms with Gasteiger partial charge in [0.15, 0.2) is 0 Å². The minimum atomic E-state index is -2.40. The maximum Gasteiger partial charge on any atom is 0.255 e. The van der Waals surface area contributed by atoms with Gasteiger partial charge in [0.2, 0.25) is 0 Å². The van der Waals surface area contributed by atoms with Crippen molar-refractivity contribution in [1.82, 2.24) is 9.97 Å². The summed E-state index contributed by atoms with van der Waals surface area (Å²) >= 11 is 0. The molecule has 88 valence electrons. The molecule has 3 N–H and O–H groups in total. The SMILES string of the molecule is Cc1c(N)nc(C2CC2)nc1NCC(F)F. The lowest BCUT2D eigenvalue weighted by molar-refractivity contribution is 0.163. The van der Waals surface area contributed by atoms with Gasteiger partial charge in [0.05, 0.1) is 6.54 Å². The number of alkyl halides is 2. The van der Waals surface area contributed by atoms with E-state index in [-0.39, 0.29) is 0 Å². The molecule has 0 amide bonds. The summed E-state index contributed by atoms with van der Waals surface area (Å²) in [5.74, 6) is 1.82. The van der Waals surface area contributed by atoms with Crippen LogP contribution in [0.15, 0.2) is 0 Å². The van der Waals surface area contributed by atoms with E-state index in [1.54, 1.807) is 6.92 Å². The first-order chi connectivity index (χ1) is 7.58. The highest BCUT2D eigenvalue weighted by Gasteiger charge is 2.27. The van der Waals surface area contributed by atoms with Crippen LogP contribution >= 0.6 is 0 Å². The minimum Gasteiger partial charge on any atom is -0.383 e. The summed E-state index contributed by atoms with van der Waals surface area (Å²) in [6.07, 6.45) is -0.298. The van der Waals surface area contributed by atoms with E-state index >= 15 is 0 Å². The standard InChI is InChI=1S/C10H14F2N4/c1-5-8(13)15-10(6-2-3-6)16-9(5)14-4-7(11)12/h6-7H,2-4H2,1H3,(H3,13,14,15,16). The Bertz CT molecular complexity index is 391. The Labute approximate surface area is 92.3 Å². The molecule has 0 spiro atoms. The van der Waals surface area contributed by atoms with Crippen LogP contribution in [0.5, 0.6) is 0 Å². The summed E-state index contributed by atoms with van der Waals surface area (Å²) in [6, 6.07) is 0. The van der Waals surface area contributed by atoms with Crippen molar-refractivity contribution >= 4 is 11.6 Å². The van der Waals surface area contributed by atoms with Crippen LogP contribution in [0.2, 0.25) is 0 Å². The summed E-state index contributed by atoms with van der Waals surface area (Å²) < 4.78 is 24.2. The minimum absolute atomic E-state index is 0.356. The molecule has 0 unspecified atom stereocenters.